The van der Waals surface area contributed by atoms with Gasteiger partial charge in [0, 0.05) is 38.9 Å². The second-order valence-corrected chi connectivity index (χ2v) is 13.6. The van der Waals surface area contributed by atoms with Gasteiger partial charge in [0.1, 0.15) is 22.3 Å². The Kier molecular flexibility index (Phi) is 10.5. The molecule has 0 amide bonds. The van der Waals surface area contributed by atoms with Gasteiger partial charge in [0.2, 0.25) is 0 Å². The maximum Gasteiger partial charge on any atom is 0.151 e. The normalized spacial score (nSPS) is 10.8. The third kappa shape index (κ3) is 7.55. The van der Waals surface area contributed by atoms with Crippen molar-refractivity contribution in [1.29, 1.82) is 10.8 Å². The number of hydrogen-bond acceptors (Lipinski definition) is 4. The van der Waals surface area contributed by atoms with Crippen LogP contribution in [0.5, 0.6) is 0 Å². The Balaban J connectivity index is 0.000000161. The van der Waals surface area contributed by atoms with Crippen molar-refractivity contribution in [2.45, 2.75) is 6.92 Å². The fraction of sp³-hybridized carbons (Fsp3) is 0.0192. The minimum Gasteiger partial charge on any atom is -0.456 e. The number of nitrogens with zero attached hydrogens (tertiary/aromatic N) is 1. The molecule has 5 heteroatoms. The minimum absolute atomic E-state index is 0.223. The summed E-state index contributed by atoms with van der Waals surface area (Å²) in [6.07, 6.45) is 1.39. The van der Waals surface area contributed by atoms with E-state index in [0.29, 0.717) is 0 Å². The van der Waals surface area contributed by atoms with E-state index in [-0.39, 0.29) is 5.84 Å². The summed E-state index contributed by atoms with van der Waals surface area (Å²) in [7, 11) is 0. The molecule has 2 N–H and O–H groups in total. The van der Waals surface area contributed by atoms with Crippen LogP contribution in [0.15, 0.2) is 202 Å². The lowest BCUT2D eigenvalue weighted by molar-refractivity contribution is 0.669. The van der Waals surface area contributed by atoms with Gasteiger partial charge in [-0.3, -0.25) is 5.41 Å². The molecular weight excluding hydrogens is 699 g/mol. The highest BCUT2D eigenvalue weighted by atomic mass is 16.3. The van der Waals surface area contributed by atoms with E-state index in [1.165, 1.54) is 22.9 Å². The topological polar surface area (TPSA) is 86.3 Å². The van der Waals surface area contributed by atoms with Gasteiger partial charge in [-0.05, 0) is 77.4 Å². The van der Waals surface area contributed by atoms with E-state index >= 15 is 0 Å². The molecule has 274 valence electrons. The zero-order valence-electron chi connectivity index (χ0n) is 31.4. The molecule has 8 aromatic carbocycles. The first-order chi connectivity index (χ1) is 28.0. The van der Waals surface area contributed by atoms with E-state index < -0.39 is 0 Å². The minimum atomic E-state index is 0.223. The summed E-state index contributed by atoms with van der Waals surface area (Å²) in [6, 6.07) is 63.4. The third-order valence-electron chi connectivity index (χ3n) is 9.96. The summed E-state index contributed by atoms with van der Waals surface area (Å²) in [5.74, 6) is 0.223. The van der Waals surface area contributed by atoms with Crippen LogP contribution < -0.4 is 0 Å². The van der Waals surface area contributed by atoms with Crippen LogP contribution in [-0.4, -0.2) is 18.8 Å². The molecule has 0 bridgehead atoms. The van der Waals surface area contributed by atoms with E-state index in [1.54, 1.807) is 0 Å². The van der Waals surface area contributed by atoms with Gasteiger partial charge in [0.15, 0.2) is 5.84 Å². The van der Waals surface area contributed by atoms with Gasteiger partial charge in [-0.15, -0.1) is 0 Å². The first kappa shape index (κ1) is 36.4. The summed E-state index contributed by atoms with van der Waals surface area (Å²) in [5, 5.41) is 19.3. The molecule has 0 atom stereocenters. The largest absolute Gasteiger partial charge is 0.456 e. The first-order valence-electron chi connectivity index (χ1n) is 18.7. The number of benzene rings is 8. The predicted molar refractivity (Wildman–Crippen MR) is 239 cm³/mol. The highest BCUT2D eigenvalue weighted by Crippen LogP contribution is 2.42. The number of hydrogen-bond donors (Lipinski definition) is 2. The van der Waals surface area contributed by atoms with E-state index in [4.69, 9.17) is 19.7 Å². The maximum absolute atomic E-state index is 7.86. The van der Waals surface area contributed by atoms with Gasteiger partial charge >= 0.3 is 0 Å². The van der Waals surface area contributed by atoms with Gasteiger partial charge in [-0.25, -0.2) is 4.99 Å². The molecule has 10 aromatic rings. The lowest BCUT2D eigenvalue weighted by atomic mass is 9.94. The Hall–Kier alpha value is -7.63. The monoisotopic (exact) mass is 737 g/mol. The molecule has 0 spiro atoms. The average molecular weight is 738 g/mol. The summed E-state index contributed by atoms with van der Waals surface area (Å²) in [4.78, 5) is 3.49. The average Bonchev–Trinajstić information content (AvgIpc) is 3.86. The second-order valence-electron chi connectivity index (χ2n) is 13.6. The van der Waals surface area contributed by atoms with E-state index in [1.807, 2.05) is 84.9 Å². The highest BCUT2D eigenvalue weighted by Gasteiger charge is 2.18. The molecule has 0 unspecified atom stereocenters. The van der Waals surface area contributed by atoms with Gasteiger partial charge in [0.25, 0.3) is 0 Å². The zero-order chi connectivity index (χ0) is 39.1. The Morgan fingerprint density at radius 2 is 0.982 bits per heavy atom. The SMILES string of the molecule is C=NC(=N)c1ccccc1.Cc1ccc(-c2ccccc2)cc1.N=Cc1cccc2oc3ccc(-c4cccc5oc6cccc(-c7ccccc7)c6c45)cc3c12. The molecule has 0 aliphatic rings. The van der Waals surface area contributed by atoms with Crippen molar-refractivity contribution in [2.75, 3.05) is 0 Å². The lowest BCUT2D eigenvalue weighted by Crippen LogP contribution is -1.91. The molecule has 10 rings (SSSR count). The van der Waals surface area contributed by atoms with Crippen molar-refractivity contribution < 1.29 is 8.83 Å². The smallest absolute Gasteiger partial charge is 0.151 e. The van der Waals surface area contributed by atoms with Crippen molar-refractivity contribution in [1.82, 2.24) is 0 Å². The van der Waals surface area contributed by atoms with Crippen molar-refractivity contribution in [3.8, 4) is 33.4 Å². The van der Waals surface area contributed by atoms with Crippen molar-refractivity contribution in [2.24, 2.45) is 4.99 Å². The lowest BCUT2D eigenvalue weighted by Gasteiger charge is -2.07. The van der Waals surface area contributed by atoms with Gasteiger partial charge in [0.05, 0.1) is 0 Å². The number of aliphatic imine (C=N–C) groups is 1. The molecule has 0 saturated carbocycles. The predicted octanol–water partition coefficient (Wildman–Crippen LogP) is 14.2. The van der Waals surface area contributed by atoms with E-state index in [9.17, 15) is 0 Å². The fourth-order valence-corrected chi connectivity index (χ4v) is 7.17. The van der Waals surface area contributed by atoms with E-state index in [0.717, 1.165) is 77.3 Å². The quantitative estimate of drug-likeness (QED) is 0.136. The molecule has 2 aromatic heterocycles. The Labute approximate surface area is 331 Å². The van der Waals surface area contributed by atoms with Crippen LogP contribution in [-0.2, 0) is 0 Å². The number of aryl methyl sites for hydroxylation is 1. The zero-order valence-corrected chi connectivity index (χ0v) is 31.4. The third-order valence-corrected chi connectivity index (χ3v) is 9.96. The number of furan rings is 2. The molecule has 57 heavy (non-hydrogen) atoms. The molecule has 2 heterocycles. The van der Waals surface area contributed by atoms with Crippen molar-refractivity contribution in [3.63, 3.8) is 0 Å². The summed E-state index contributed by atoms with van der Waals surface area (Å²) in [5.41, 5.74) is 13.4. The van der Waals surface area contributed by atoms with Gasteiger partial charge < -0.3 is 14.2 Å². The molecule has 0 radical (unpaired) electrons. The Bertz CT molecular complexity index is 3000. The summed E-state index contributed by atoms with van der Waals surface area (Å²) in [6.45, 7) is 5.37. The number of nitrogens with one attached hydrogen (secondary N) is 2. The molecule has 0 aliphatic heterocycles. The molecule has 0 aliphatic carbocycles. The molecule has 0 saturated heterocycles. The molecular formula is C52H39N3O2. The van der Waals surface area contributed by atoms with Crippen LogP contribution in [0.3, 0.4) is 0 Å². The second kappa shape index (κ2) is 16.4. The Morgan fingerprint density at radius 3 is 1.58 bits per heavy atom. The van der Waals surface area contributed by atoms with Crippen LogP contribution in [0.1, 0.15) is 16.7 Å². The van der Waals surface area contributed by atoms with Crippen LogP contribution in [0, 0.1) is 17.7 Å². The summed E-state index contributed by atoms with van der Waals surface area (Å²) >= 11 is 0. The van der Waals surface area contributed by atoms with Gasteiger partial charge in [-0.1, -0.05) is 163 Å². The number of rotatable bonds is 5. The maximum atomic E-state index is 7.86. The van der Waals surface area contributed by atoms with Crippen LogP contribution in [0.2, 0.25) is 0 Å². The summed E-state index contributed by atoms with van der Waals surface area (Å²) < 4.78 is 12.4. The van der Waals surface area contributed by atoms with Gasteiger partial charge in [-0.2, -0.15) is 0 Å². The van der Waals surface area contributed by atoms with Crippen molar-refractivity contribution in [3.05, 3.63) is 205 Å². The number of amidine groups is 1. The van der Waals surface area contributed by atoms with Crippen LogP contribution in [0.4, 0.5) is 0 Å². The first-order valence-corrected chi connectivity index (χ1v) is 18.7. The molecule has 5 nitrogen and oxygen atoms in total. The molecule has 0 fully saturated rings. The number of fused-ring (bicyclic) bond motifs is 6. The standard InChI is InChI=1S/C31H19NO2.C13H12.C8H8N2/c32-18-21-9-4-12-26-29(21)24-17-20(15-16-25(24)33-26)23-11-6-14-28-31(23)30-22(10-5-13-27(30)34-28)19-7-2-1-3-8-19;1-11-7-9-13(10-8-11)12-5-3-2-4-6-12;1-10-8(9)7-5-3-2-4-6-7/h1-18,32H;2-10H,1H3;2-6,9H,1H2. The Morgan fingerprint density at radius 1 is 0.491 bits per heavy atom. The van der Waals surface area contributed by atoms with Crippen LogP contribution in [0.25, 0.3) is 77.3 Å². The van der Waals surface area contributed by atoms with Crippen molar-refractivity contribution >= 4 is 62.6 Å². The highest BCUT2D eigenvalue weighted by molar-refractivity contribution is 6.19. The van der Waals surface area contributed by atoms with E-state index in [2.05, 4.69) is 122 Å². The van der Waals surface area contributed by atoms with Crippen LogP contribution >= 0.6 is 0 Å². The fourth-order valence-electron chi connectivity index (χ4n) is 7.17.